The van der Waals surface area contributed by atoms with Crippen molar-refractivity contribution in [1.82, 2.24) is 15.3 Å². The minimum absolute atomic E-state index is 0.265. The van der Waals surface area contributed by atoms with Crippen LogP contribution in [-0.2, 0) is 4.74 Å². The summed E-state index contributed by atoms with van der Waals surface area (Å²) in [7, 11) is 1.67. The summed E-state index contributed by atoms with van der Waals surface area (Å²) >= 11 is 0. The Hall–Kier alpha value is -1.66. The number of hydrogen-bond donors (Lipinski definition) is 3. The van der Waals surface area contributed by atoms with Crippen molar-refractivity contribution in [3.8, 4) is 0 Å². The number of rotatable bonds is 7. The zero-order valence-corrected chi connectivity index (χ0v) is 10.3. The number of nitrogens with one attached hydrogen (secondary N) is 3. The van der Waals surface area contributed by atoms with Gasteiger partial charge in [0.1, 0.15) is 5.82 Å². The number of aromatic amines is 1. The van der Waals surface area contributed by atoms with Gasteiger partial charge in [-0.05, 0) is 18.2 Å². The molecule has 0 saturated carbocycles. The van der Waals surface area contributed by atoms with Crippen LogP contribution in [0.4, 0.5) is 10.3 Å². The highest BCUT2D eigenvalue weighted by atomic mass is 19.1. The molecule has 6 heteroatoms. The Morgan fingerprint density at radius 2 is 2.22 bits per heavy atom. The standard InChI is InChI=1S/C12H17FN4O/c1-18-7-6-14-4-5-15-12-16-10-3-2-9(13)8-11(10)17-12/h2-3,8,14H,4-7H2,1H3,(H2,15,16,17). The van der Waals surface area contributed by atoms with Crippen molar-refractivity contribution in [1.29, 1.82) is 0 Å². The second-order valence-electron chi connectivity index (χ2n) is 3.92. The second kappa shape index (κ2) is 6.32. The van der Waals surface area contributed by atoms with Crippen LogP contribution >= 0.6 is 0 Å². The molecule has 1 aromatic heterocycles. The molecule has 0 fully saturated rings. The van der Waals surface area contributed by atoms with Crippen molar-refractivity contribution in [2.45, 2.75) is 0 Å². The van der Waals surface area contributed by atoms with Crippen molar-refractivity contribution < 1.29 is 9.13 Å². The summed E-state index contributed by atoms with van der Waals surface area (Å²) in [4.78, 5) is 7.33. The maximum absolute atomic E-state index is 13.0. The van der Waals surface area contributed by atoms with Crippen LogP contribution in [0.15, 0.2) is 18.2 Å². The minimum atomic E-state index is -0.265. The molecule has 0 bridgehead atoms. The smallest absolute Gasteiger partial charge is 0.201 e. The number of H-pyrrole nitrogens is 1. The summed E-state index contributed by atoms with van der Waals surface area (Å²) in [6.45, 7) is 3.08. The second-order valence-corrected chi connectivity index (χ2v) is 3.92. The molecule has 2 aromatic rings. The minimum Gasteiger partial charge on any atom is -0.383 e. The van der Waals surface area contributed by atoms with Crippen LogP contribution in [0.3, 0.4) is 0 Å². The number of hydrogen-bond acceptors (Lipinski definition) is 4. The lowest BCUT2D eigenvalue weighted by Gasteiger charge is -2.04. The first-order valence-electron chi connectivity index (χ1n) is 5.88. The van der Waals surface area contributed by atoms with Gasteiger partial charge in [-0.2, -0.15) is 0 Å². The Morgan fingerprint density at radius 1 is 1.33 bits per heavy atom. The van der Waals surface area contributed by atoms with Crippen molar-refractivity contribution in [3.05, 3.63) is 24.0 Å². The van der Waals surface area contributed by atoms with Gasteiger partial charge in [-0.1, -0.05) is 0 Å². The molecule has 0 saturated heterocycles. The summed E-state index contributed by atoms with van der Waals surface area (Å²) < 4.78 is 17.9. The number of imidazole rings is 1. The van der Waals surface area contributed by atoms with Crippen LogP contribution in [0.2, 0.25) is 0 Å². The number of halogens is 1. The quantitative estimate of drug-likeness (QED) is 0.651. The number of benzene rings is 1. The third-order valence-electron chi connectivity index (χ3n) is 2.52. The van der Waals surface area contributed by atoms with Crippen LogP contribution in [0.5, 0.6) is 0 Å². The molecular weight excluding hydrogens is 235 g/mol. The van der Waals surface area contributed by atoms with E-state index in [1.165, 1.54) is 12.1 Å². The van der Waals surface area contributed by atoms with Crippen molar-refractivity contribution in [3.63, 3.8) is 0 Å². The predicted molar refractivity (Wildman–Crippen MR) is 69.3 cm³/mol. The van der Waals surface area contributed by atoms with Gasteiger partial charge in [-0.3, -0.25) is 0 Å². The molecular formula is C12H17FN4O. The van der Waals surface area contributed by atoms with E-state index in [1.54, 1.807) is 13.2 Å². The summed E-state index contributed by atoms with van der Waals surface area (Å²) in [6.07, 6.45) is 0. The number of ether oxygens (including phenoxy) is 1. The first-order chi connectivity index (χ1) is 8.79. The maximum Gasteiger partial charge on any atom is 0.201 e. The fourth-order valence-electron chi connectivity index (χ4n) is 1.63. The van der Waals surface area contributed by atoms with Gasteiger partial charge in [-0.15, -0.1) is 0 Å². The molecule has 0 aliphatic carbocycles. The van der Waals surface area contributed by atoms with Crippen LogP contribution in [-0.4, -0.2) is 43.3 Å². The Morgan fingerprint density at radius 3 is 3.06 bits per heavy atom. The van der Waals surface area contributed by atoms with Crippen LogP contribution in [0.25, 0.3) is 11.0 Å². The van der Waals surface area contributed by atoms with Gasteiger partial charge in [0.15, 0.2) is 0 Å². The Bertz CT molecular complexity index is 500. The normalized spacial score (nSPS) is 11.0. The molecule has 1 aromatic carbocycles. The largest absolute Gasteiger partial charge is 0.383 e. The molecule has 0 atom stereocenters. The van der Waals surface area contributed by atoms with Crippen molar-refractivity contribution in [2.24, 2.45) is 0 Å². The molecule has 5 nitrogen and oxygen atoms in total. The van der Waals surface area contributed by atoms with Gasteiger partial charge in [0, 0.05) is 26.7 Å². The molecule has 0 aliphatic heterocycles. The van der Waals surface area contributed by atoms with Gasteiger partial charge >= 0.3 is 0 Å². The molecule has 2 rings (SSSR count). The van der Waals surface area contributed by atoms with E-state index in [9.17, 15) is 4.39 Å². The fourth-order valence-corrected chi connectivity index (χ4v) is 1.63. The average Bonchev–Trinajstić information content (AvgIpc) is 2.75. The van der Waals surface area contributed by atoms with Crippen molar-refractivity contribution in [2.75, 3.05) is 38.7 Å². The maximum atomic E-state index is 13.0. The molecule has 0 amide bonds. The highest BCUT2D eigenvalue weighted by molar-refractivity contribution is 5.77. The first-order valence-corrected chi connectivity index (χ1v) is 5.88. The van der Waals surface area contributed by atoms with Gasteiger partial charge < -0.3 is 20.4 Å². The van der Waals surface area contributed by atoms with Gasteiger partial charge in [0.05, 0.1) is 17.6 Å². The Balaban J connectivity index is 1.81. The molecule has 0 aliphatic rings. The van der Waals surface area contributed by atoms with E-state index in [-0.39, 0.29) is 5.82 Å². The zero-order chi connectivity index (χ0) is 12.8. The molecule has 0 unspecified atom stereocenters. The van der Waals surface area contributed by atoms with E-state index >= 15 is 0 Å². The number of nitrogens with zero attached hydrogens (tertiary/aromatic N) is 1. The Kier molecular flexibility index (Phi) is 4.49. The highest BCUT2D eigenvalue weighted by Crippen LogP contribution is 2.14. The molecule has 18 heavy (non-hydrogen) atoms. The summed E-state index contributed by atoms with van der Waals surface area (Å²) in [5.74, 6) is 0.392. The first kappa shape index (κ1) is 12.8. The molecule has 0 spiro atoms. The zero-order valence-electron chi connectivity index (χ0n) is 10.3. The summed E-state index contributed by atoms with van der Waals surface area (Å²) in [6, 6.07) is 4.49. The van der Waals surface area contributed by atoms with E-state index in [1.807, 2.05) is 0 Å². The third-order valence-corrected chi connectivity index (χ3v) is 2.52. The third kappa shape index (κ3) is 3.41. The monoisotopic (exact) mass is 252 g/mol. The fraction of sp³-hybridized carbons (Fsp3) is 0.417. The molecule has 0 radical (unpaired) electrons. The number of methoxy groups -OCH3 is 1. The van der Waals surface area contributed by atoms with Crippen LogP contribution in [0, 0.1) is 5.82 Å². The summed E-state index contributed by atoms with van der Waals surface area (Å²) in [5, 5.41) is 6.35. The number of anilines is 1. The van der Waals surface area contributed by atoms with Gasteiger partial charge in [-0.25, -0.2) is 9.37 Å². The topological polar surface area (TPSA) is 62.0 Å². The molecule has 1 heterocycles. The molecule has 98 valence electrons. The Labute approximate surface area is 105 Å². The van der Waals surface area contributed by atoms with Gasteiger partial charge in [0.2, 0.25) is 5.95 Å². The molecule has 3 N–H and O–H groups in total. The summed E-state index contributed by atoms with van der Waals surface area (Å²) in [5.41, 5.74) is 1.45. The number of fused-ring (bicyclic) bond motifs is 1. The lowest BCUT2D eigenvalue weighted by molar-refractivity contribution is 0.200. The van der Waals surface area contributed by atoms with E-state index in [4.69, 9.17) is 4.74 Å². The van der Waals surface area contributed by atoms with Gasteiger partial charge in [0.25, 0.3) is 0 Å². The van der Waals surface area contributed by atoms with Crippen LogP contribution in [0.1, 0.15) is 0 Å². The van der Waals surface area contributed by atoms with Crippen LogP contribution < -0.4 is 10.6 Å². The van der Waals surface area contributed by atoms with E-state index in [0.717, 1.165) is 25.2 Å². The van der Waals surface area contributed by atoms with Crippen molar-refractivity contribution >= 4 is 17.0 Å². The van der Waals surface area contributed by atoms with E-state index < -0.39 is 0 Å². The highest BCUT2D eigenvalue weighted by Gasteiger charge is 2.02. The van der Waals surface area contributed by atoms with E-state index in [2.05, 4.69) is 20.6 Å². The lowest BCUT2D eigenvalue weighted by Crippen LogP contribution is -2.25. The average molecular weight is 252 g/mol. The van der Waals surface area contributed by atoms with E-state index in [0.29, 0.717) is 18.1 Å². The number of aromatic nitrogens is 2. The lowest BCUT2D eigenvalue weighted by atomic mass is 10.3. The predicted octanol–water partition coefficient (Wildman–Crippen LogP) is 1.35. The SMILES string of the molecule is COCCNCCNc1nc2ccc(F)cc2[nH]1.